The lowest BCUT2D eigenvalue weighted by atomic mass is 10.0. The third-order valence-electron chi connectivity index (χ3n) is 13.2. The lowest BCUT2D eigenvalue weighted by Gasteiger charge is -2.29. The van der Waals surface area contributed by atoms with E-state index < -0.39 is 20.0 Å². The lowest BCUT2D eigenvalue weighted by molar-refractivity contribution is -0.870. The van der Waals surface area contributed by atoms with E-state index in [2.05, 4.69) is 31.3 Å². The van der Waals surface area contributed by atoms with Crippen LogP contribution in [0.15, 0.2) is 24.3 Å². The van der Waals surface area contributed by atoms with Crippen molar-refractivity contribution >= 4 is 13.7 Å². The van der Waals surface area contributed by atoms with Crippen LogP contribution >= 0.6 is 7.82 Å². The molecule has 0 saturated heterocycles. The molecule has 1 amide bonds. The molecule has 2 N–H and O–H groups in total. The molecule has 0 aliphatic carbocycles. The van der Waals surface area contributed by atoms with Gasteiger partial charge >= 0.3 is 0 Å². The first-order chi connectivity index (χ1) is 32.0. The number of allylic oxidation sites excluding steroid dienone is 3. The topological polar surface area (TPSA) is 108 Å². The second kappa shape index (κ2) is 49.0. The number of likely N-dealkylation sites (N-methyl/N-ethyl adjacent to an activating group) is 1. The minimum atomic E-state index is -4.59. The summed E-state index contributed by atoms with van der Waals surface area (Å²) in [5.41, 5.74) is 0. The number of carbonyl (C=O) groups is 1. The highest BCUT2D eigenvalue weighted by Gasteiger charge is 2.23. The molecule has 0 aromatic rings. The average Bonchev–Trinajstić information content (AvgIpc) is 3.28. The number of unbranched alkanes of at least 4 members (excludes halogenated alkanes) is 38. The molecule has 66 heavy (non-hydrogen) atoms. The summed E-state index contributed by atoms with van der Waals surface area (Å²) in [4.78, 5) is 25.5. The van der Waals surface area contributed by atoms with Crippen molar-refractivity contribution in [2.24, 2.45) is 0 Å². The first kappa shape index (κ1) is 65.0. The van der Waals surface area contributed by atoms with Crippen LogP contribution in [0.3, 0.4) is 0 Å². The molecule has 0 spiro atoms. The Hall–Kier alpha value is -1.02. The minimum absolute atomic E-state index is 0.00130. The van der Waals surface area contributed by atoms with Gasteiger partial charge < -0.3 is 28.8 Å². The zero-order chi connectivity index (χ0) is 48.5. The van der Waals surface area contributed by atoms with Gasteiger partial charge in [0.05, 0.1) is 39.9 Å². The molecule has 0 aliphatic heterocycles. The Kier molecular flexibility index (Phi) is 48.2. The highest BCUT2D eigenvalue weighted by atomic mass is 31.2. The third kappa shape index (κ3) is 50.8. The maximum absolute atomic E-state index is 12.9. The Morgan fingerprint density at radius 1 is 0.515 bits per heavy atom. The molecule has 3 atom stereocenters. The van der Waals surface area contributed by atoms with E-state index in [1.54, 1.807) is 6.08 Å². The van der Waals surface area contributed by atoms with E-state index in [9.17, 15) is 19.4 Å². The fourth-order valence-electron chi connectivity index (χ4n) is 8.62. The van der Waals surface area contributed by atoms with Crippen LogP contribution in [0, 0.1) is 0 Å². The highest BCUT2D eigenvalue weighted by molar-refractivity contribution is 7.45. The number of aliphatic hydroxyl groups is 1. The van der Waals surface area contributed by atoms with Gasteiger partial charge in [0.25, 0.3) is 7.82 Å². The summed E-state index contributed by atoms with van der Waals surface area (Å²) in [5.74, 6) is -0.193. The number of nitrogens with one attached hydrogen (secondary N) is 1. The fourth-order valence-corrected chi connectivity index (χ4v) is 9.34. The summed E-state index contributed by atoms with van der Waals surface area (Å²) in [5, 5.41) is 13.9. The van der Waals surface area contributed by atoms with Crippen molar-refractivity contribution in [3.63, 3.8) is 0 Å². The molecule has 0 rings (SSSR count). The van der Waals surface area contributed by atoms with E-state index in [1.165, 1.54) is 225 Å². The van der Waals surface area contributed by atoms with Crippen molar-refractivity contribution in [2.75, 3.05) is 40.9 Å². The molecular weight excluding hydrogens is 840 g/mol. The number of amides is 1. The van der Waals surface area contributed by atoms with E-state index in [0.29, 0.717) is 17.4 Å². The zero-order valence-electron chi connectivity index (χ0n) is 44.7. The van der Waals surface area contributed by atoms with Crippen LogP contribution in [0.25, 0.3) is 0 Å². The van der Waals surface area contributed by atoms with Gasteiger partial charge in [0, 0.05) is 6.42 Å². The van der Waals surface area contributed by atoms with Crippen molar-refractivity contribution in [1.82, 2.24) is 5.32 Å². The van der Waals surface area contributed by atoms with E-state index in [4.69, 9.17) is 9.05 Å². The van der Waals surface area contributed by atoms with E-state index in [-0.39, 0.29) is 19.1 Å². The van der Waals surface area contributed by atoms with Crippen LogP contribution in [0.1, 0.15) is 284 Å². The number of phosphoric acid groups is 1. The van der Waals surface area contributed by atoms with Crippen molar-refractivity contribution in [1.29, 1.82) is 0 Å². The summed E-state index contributed by atoms with van der Waals surface area (Å²) in [6.45, 7) is 4.68. The number of hydrogen-bond acceptors (Lipinski definition) is 6. The smallest absolute Gasteiger partial charge is 0.268 e. The van der Waals surface area contributed by atoms with Gasteiger partial charge in [0.15, 0.2) is 0 Å². The van der Waals surface area contributed by atoms with Crippen molar-refractivity contribution < 1.29 is 32.9 Å². The monoisotopic (exact) mass is 953 g/mol. The molecule has 0 saturated carbocycles. The molecule has 0 radical (unpaired) electrons. The van der Waals surface area contributed by atoms with Crippen LogP contribution in [0.2, 0.25) is 0 Å². The number of nitrogens with zero attached hydrogens (tertiary/aromatic N) is 1. The SMILES string of the molecule is CCCCCCCCCC/C=C\CCCCCCCCCCCCCCCCCCCC(=O)NC(COP(=O)([O-])OCC[N+](C)(C)C)C(O)/C=C/CCCCCCCCCCCCCCC. The highest BCUT2D eigenvalue weighted by Crippen LogP contribution is 2.38. The number of quaternary nitrogens is 1. The van der Waals surface area contributed by atoms with Gasteiger partial charge in [-0.3, -0.25) is 9.36 Å². The molecule has 0 bridgehead atoms. The van der Waals surface area contributed by atoms with Crippen LogP contribution in [0.5, 0.6) is 0 Å². The van der Waals surface area contributed by atoms with E-state index in [0.717, 1.165) is 38.5 Å². The largest absolute Gasteiger partial charge is 0.756 e. The number of carbonyl (C=O) groups excluding carboxylic acids is 1. The Morgan fingerprint density at radius 3 is 1.18 bits per heavy atom. The maximum Gasteiger partial charge on any atom is 0.268 e. The van der Waals surface area contributed by atoms with Crippen LogP contribution in [-0.4, -0.2) is 68.5 Å². The average molecular weight is 954 g/mol. The van der Waals surface area contributed by atoms with Crippen molar-refractivity contribution in [3.05, 3.63) is 24.3 Å². The summed E-state index contributed by atoms with van der Waals surface area (Å²) in [7, 11) is 1.27. The van der Waals surface area contributed by atoms with Gasteiger partial charge in [-0.25, -0.2) is 0 Å². The number of phosphoric ester groups is 1. The summed E-state index contributed by atoms with van der Waals surface area (Å²) < 4.78 is 23.3. The molecule has 8 nitrogen and oxygen atoms in total. The second-order valence-electron chi connectivity index (χ2n) is 21.0. The quantitative estimate of drug-likeness (QED) is 0.0272. The molecule has 0 heterocycles. The zero-order valence-corrected chi connectivity index (χ0v) is 45.6. The van der Waals surface area contributed by atoms with Gasteiger partial charge in [-0.15, -0.1) is 0 Å². The predicted octanol–water partition coefficient (Wildman–Crippen LogP) is 16.6. The summed E-state index contributed by atoms with van der Waals surface area (Å²) in [6.07, 6.45) is 61.1. The molecule has 3 unspecified atom stereocenters. The second-order valence-corrected chi connectivity index (χ2v) is 22.4. The van der Waals surface area contributed by atoms with Crippen molar-refractivity contribution in [2.45, 2.75) is 296 Å². The van der Waals surface area contributed by atoms with Gasteiger partial charge in [-0.05, 0) is 44.9 Å². The molecule has 0 fully saturated rings. The van der Waals surface area contributed by atoms with Crippen LogP contribution < -0.4 is 10.2 Å². The lowest BCUT2D eigenvalue weighted by Crippen LogP contribution is -2.45. The van der Waals surface area contributed by atoms with Gasteiger partial charge in [0.1, 0.15) is 13.2 Å². The van der Waals surface area contributed by atoms with Crippen LogP contribution in [0.4, 0.5) is 0 Å². The normalized spacial score (nSPS) is 14.1. The Balaban J connectivity index is 4.08. The minimum Gasteiger partial charge on any atom is -0.756 e. The number of hydrogen-bond donors (Lipinski definition) is 2. The molecular formula is C57H113N2O6P. The maximum atomic E-state index is 12.9. The first-order valence-corrected chi connectivity index (χ1v) is 30.2. The standard InChI is InChI=1S/C57H113N2O6P/c1-6-8-10-12-14-16-18-20-22-23-24-25-26-27-28-29-30-31-32-33-34-35-37-39-41-43-45-47-49-51-57(61)58-55(54-65-66(62,63)64-53-52-59(3,4)5)56(60)50-48-46-44-42-40-38-36-21-19-17-15-13-11-9-7-2/h23-24,48,50,55-56,60H,6-22,25-47,49,51-54H2,1-5H3,(H-,58,61,62,63)/b24-23-,50-48+. The van der Waals surface area contributed by atoms with Crippen LogP contribution in [-0.2, 0) is 18.4 Å². The Bertz CT molecular complexity index is 1130. The first-order valence-electron chi connectivity index (χ1n) is 28.7. The Morgan fingerprint density at radius 2 is 0.833 bits per heavy atom. The van der Waals surface area contributed by atoms with Gasteiger partial charge in [0.2, 0.25) is 5.91 Å². The molecule has 9 heteroatoms. The Labute approximate surface area is 411 Å². The van der Waals surface area contributed by atoms with Crippen molar-refractivity contribution in [3.8, 4) is 0 Å². The van der Waals surface area contributed by atoms with E-state index >= 15 is 0 Å². The number of rotatable bonds is 53. The predicted molar refractivity (Wildman–Crippen MR) is 284 cm³/mol. The van der Waals surface area contributed by atoms with E-state index in [1.807, 2.05) is 27.2 Å². The number of aliphatic hydroxyl groups excluding tert-OH is 1. The van der Waals surface area contributed by atoms with Gasteiger partial charge in [-0.1, -0.05) is 256 Å². The van der Waals surface area contributed by atoms with Gasteiger partial charge in [-0.2, -0.15) is 0 Å². The fraction of sp³-hybridized carbons (Fsp3) is 0.912. The molecule has 392 valence electrons. The molecule has 0 aliphatic rings. The summed E-state index contributed by atoms with van der Waals surface area (Å²) in [6, 6.07) is -0.883. The molecule has 0 aromatic carbocycles. The third-order valence-corrected chi connectivity index (χ3v) is 14.1. The summed E-state index contributed by atoms with van der Waals surface area (Å²) >= 11 is 0. The molecule has 0 aromatic heterocycles.